The van der Waals surface area contributed by atoms with Crippen LogP contribution in [0.4, 0.5) is 8.78 Å². The number of hydrogen-bond acceptors (Lipinski definition) is 4. The Bertz CT molecular complexity index is 1050. The summed E-state index contributed by atoms with van der Waals surface area (Å²) in [6, 6.07) is 8.78. The lowest BCUT2D eigenvalue weighted by Gasteiger charge is -2.25. The fourth-order valence-electron chi connectivity index (χ4n) is 3.36. The van der Waals surface area contributed by atoms with Crippen molar-refractivity contribution in [3.05, 3.63) is 65.2 Å². The van der Waals surface area contributed by atoms with Crippen LogP contribution in [0.5, 0.6) is 0 Å². The topological polar surface area (TPSA) is 60.4 Å². The largest absolute Gasteiger partial charge is 0.478 e. The fraction of sp³-hybridized carbons (Fsp3) is 0.286. The van der Waals surface area contributed by atoms with Crippen molar-refractivity contribution in [1.82, 2.24) is 0 Å². The molecule has 0 fully saturated rings. The van der Waals surface area contributed by atoms with Crippen LogP contribution in [0.3, 0.4) is 0 Å². The van der Waals surface area contributed by atoms with Crippen molar-refractivity contribution in [3.63, 3.8) is 0 Å². The molecule has 0 aliphatic carbocycles. The molecule has 0 aromatic heterocycles. The van der Waals surface area contributed by atoms with Gasteiger partial charge in [0.2, 0.25) is 5.78 Å². The van der Waals surface area contributed by atoms with E-state index >= 15 is 0 Å². The van der Waals surface area contributed by atoms with Crippen LogP contribution in [0.1, 0.15) is 37.8 Å². The molecule has 2 aromatic rings. The summed E-state index contributed by atoms with van der Waals surface area (Å²) in [5.74, 6) is -1.75. The van der Waals surface area contributed by atoms with Gasteiger partial charge in [-0.25, -0.2) is 17.2 Å². The van der Waals surface area contributed by atoms with Gasteiger partial charge in [0.25, 0.3) is 0 Å². The summed E-state index contributed by atoms with van der Waals surface area (Å²) >= 11 is 0. The number of carbonyl (C=O) groups is 1. The number of hydrogen-bond donors (Lipinski definition) is 0. The van der Waals surface area contributed by atoms with Gasteiger partial charge in [0.05, 0.1) is 10.5 Å². The molecule has 1 aliphatic heterocycles. The van der Waals surface area contributed by atoms with Crippen molar-refractivity contribution in [1.29, 1.82) is 0 Å². The first-order valence-corrected chi connectivity index (χ1v) is 10.8. The van der Waals surface area contributed by atoms with E-state index in [4.69, 9.17) is 4.74 Å². The lowest BCUT2D eigenvalue weighted by atomic mass is 9.86. The minimum atomic E-state index is -3.39. The number of rotatable bonds is 5. The van der Waals surface area contributed by atoms with Crippen LogP contribution in [0, 0.1) is 11.6 Å². The Hall–Kier alpha value is -2.54. The molecule has 0 bridgehead atoms. The zero-order valence-electron chi connectivity index (χ0n) is 15.8. The summed E-state index contributed by atoms with van der Waals surface area (Å²) in [6.07, 6.45) is 1.86. The Morgan fingerprint density at radius 1 is 0.929 bits per heavy atom. The van der Waals surface area contributed by atoms with E-state index < -0.39 is 27.1 Å². The zero-order valence-corrected chi connectivity index (χ0v) is 16.6. The molecule has 7 heteroatoms. The predicted octanol–water partition coefficient (Wildman–Crippen LogP) is 4.39. The second-order valence-corrected chi connectivity index (χ2v) is 8.81. The minimum absolute atomic E-state index is 0.0912. The molecule has 0 unspecified atom stereocenters. The zero-order chi connectivity index (χ0) is 20.7. The highest BCUT2D eigenvalue weighted by Crippen LogP contribution is 2.44. The predicted molar refractivity (Wildman–Crippen MR) is 102 cm³/mol. The lowest BCUT2D eigenvalue weighted by Crippen LogP contribution is -2.35. The average molecular weight is 406 g/mol. The van der Waals surface area contributed by atoms with Crippen LogP contribution < -0.4 is 0 Å². The highest BCUT2D eigenvalue weighted by Gasteiger charge is 2.47. The number of ketones is 1. The van der Waals surface area contributed by atoms with Crippen molar-refractivity contribution in [2.45, 2.75) is 37.2 Å². The van der Waals surface area contributed by atoms with Crippen LogP contribution in [0.25, 0.3) is 11.3 Å². The van der Waals surface area contributed by atoms with Gasteiger partial charge in [-0.1, -0.05) is 13.8 Å². The molecule has 0 radical (unpaired) electrons. The summed E-state index contributed by atoms with van der Waals surface area (Å²) in [7, 11) is -3.39. The Balaban J connectivity index is 2.22. The van der Waals surface area contributed by atoms with Crippen LogP contribution in [0.2, 0.25) is 0 Å². The number of benzene rings is 2. The molecule has 0 amide bonds. The van der Waals surface area contributed by atoms with E-state index in [1.54, 1.807) is 13.8 Å². The van der Waals surface area contributed by atoms with Crippen LogP contribution in [-0.2, 0) is 19.4 Å². The van der Waals surface area contributed by atoms with Crippen LogP contribution in [0.15, 0.2) is 47.4 Å². The Labute approximate surface area is 162 Å². The van der Waals surface area contributed by atoms with E-state index in [1.807, 2.05) is 0 Å². The maximum atomic E-state index is 13.8. The van der Waals surface area contributed by atoms with Crippen molar-refractivity contribution in [3.8, 4) is 0 Å². The van der Waals surface area contributed by atoms with Gasteiger partial charge in [-0.15, -0.1) is 0 Å². The fourth-order valence-corrected chi connectivity index (χ4v) is 3.99. The van der Waals surface area contributed by atoms with E-state index in [-0.39, 0.29) is 27.6 Å². The van der Waals surface area contributed by atoms with Gasteiger partial charge in [0.1, 0.15) is 17.4 Å². The molecule has 3 rings (SSSR count). The van der Waals surface area contributed by atoms with Crippen LogP contribution >= 0.6 is 0 Å². The molecule has 0 N–H and O–H groups in total. The van der Waals surface area contributed by atoms with E-state index in [2.05, 4.69) is 0 Å². The Morgan fingerprint density at radius 3 is 1.93 bits per heavy atom. The molecule has 28 heavy (non-hydrogen) atoms. The van der Waals surface area contributed by atoms with E-state index in [9.17, 15) is 22.0 Å². The van der Waals surface area contributed by atoms with Gasteiger partial charge in [0.15, 0.2) is 15.4 Å². The molecule has 0 saturated heterocycles. The quantitative estimate of drug-likeness (QED) is 0.739. The highest BCUT2D eigenvalue weighted by molar-refractivity contribution is 7.90. The number of Topliss-reactive ketones (excluding diaryl/α,β-unsaturated/α-hetero) is 1. The standard InChI is InChI=1S/C21H20F2O4S/c1-4-21(5-2)20(24)18(14-10-15(22)12-16(23)11-14)19(27-21)13-6-8-17(9-7-13)28(3,25)26/h6-12H,4-5H2,1-3H3. The van der Waals surface area contributed by atoms with Crippen molar-refractivity contribution < 1.29 is 26.7 Å². The summed E-state index contributed by atoms with van der Waals surface area (Å²) in [5.41, 5.74) is -0.477. The van der Waals surface area contributed by atoms with Crippen molar-refractivity contribution in [2.24, 2.45) is 0 Å². The molecule has 1 aliphatic rings. The molecule has 1 heterocycles. The highest BCUT2D eigenvalue weighted by atomic mass is 32.2. The smallest absolute Gasteiger partial charge is 0.210 e. The van der Waals surface area contributed by atoms with Gasteiger partial charge in [0, 0.05) is 17.9 Å². The third-order valence-corrected chi connectivity index (χ3v) is 6.13. The van der Waals surface area contributed by atoms with E-state index in [1.165, 1.54) is 24.3 Å². The van der Waals surface area contributed by atoms with E-state index in [0.717, 1.165) is 24.5 Å². The molecular weight excluding hydrogens is 386 g/mol. The maximum Gasteiger partial charge on any atom is 0.210 e. The third kappa shape index (κ3) is 3.46. The number of carbonyl (C=O) groups excluding carboxylic acids is 1. The van der Waals surface area contributed by atoms with Gasteiger partial charge < -0.3 is 4.74 Å². The third-order valence-electron chi connectivity index (χ3n) is 5.00. The second-order valence-electron chi connectivity index (χ2n) is 6.79. The number of halogens is 2. The average Bonchev–Trinajstić information content (AvgIpc) is 2.93. The molecule has 148 valence electrons. The second kappa shape index (κ2) is 7.13. The van der Waals surface area contributed by atoms with Gasteiger partial charge in [-0.3, -0.25) is 4.79 Å². The van der Waals surface area contributed by atoms with E-state index in [0.29, 0.717) is 18.4 Å². The van der Waals surface area contributed by atoms with Crippen molar-refractivity contribution >= 4 is 27.0 Å². The first-order valence-electron chi connectivity index (χ1n) is 8.86. The summed E-state index contributed by atoms with van der Waals surface area (Å²) < 4.78 is 57.0. The lowest BCUT2D eigenvalue weighted by molar-refractivity contribution is -0.128. The van der Waals surface area contributed by atoms with Crippen LogP contribution in [-0.4, -0.2) is 26.1 Å². The SMILES string of the molecule is CCC1(CC)OC(c2ccc(S(C)(=O)=O)cc2)=C(c2cc(F)cc(F)c2)C1=O. The normalized spacial score (nSPS) is 16.4. The summed E-state index contributed by atoms with van der Waals surface area (Å²) in [6.45, 7) is 3.61. The summed E-state index contributed by atoms with van der Waals surface area (Å²) in [4.78, 5) is 13.3. The molecule has 0 spiro atoms. The minimum Gasteiger partial charge on any atom is -0.478 e. The molecule has 4 nitrogen and oxygen atoms in total. The van der Waals surface area contributed by atoms with Gasteiger partial charge in [-0.05, 0) is 54.8 Å². The first kappa shape index (κ1) is 20.2. The Morgan fingerprint density at radius 2 is 1.46 bits per heavy atom. The first-order chi connectivity index (χ1) is 13.1. The molecule has 0 atom stereocenters. The Kier molecular flexibility index (Phi) is 5.14. The molecule has 2 aromatic carbocycles. The summed E-state index contributed by atoms with van der Waals surface area (Å²) in [5, 5.41) is 0. The number of sulfone groups is 1. The number of ether oxygens (including phenoxy) is 1. The molecular formula is C21H20F2O4S. The van der Waals surface area contributed by atoms with Crippen molar-refractivity contribution in [2.75, 3.05) is 6.26 Å². The maximum absolute atomic E-state index is 13.8. The molecule has 0 saturated carbocycles. The monoisotopic (exact) mass is 406 g/mol. The van der Waals surface area contributed by atoms with Gasteiger partial charge in [-0.2, -0.15) is 0 Å². The van der Waals surface area contributed by atoms with Gasteiger partial charge >= 0.3 is 0 Å².